The third-order valence-corrected chi connectivity index (χ3v) is 3.27. The molecule has 1 N–H and O–H groups in total. The van der Waals surface area contributed by atoms with Crippen molar-refractivity contribution < 1.29 is 40.6 Å². The van der Waals surface area contributed by atoms with E-state index in [9.17, 15) is 40.6 Å². The van der Waals surface area contributed by atoms with Gasteiger partial charge in [0.25, 0.3) is 0 Å². The summed E-state index contributed by atoms with van der Waals surface area (Å²) >= 11 is 0. The van der Waals surface area contributed by atoms with Crippen molar-refractivity contribution in [1.82, 2.24) is 0 Å². The van der Waals surface area contributed by atoms with Gasteiger partial charge in [-0.15, -0.1) is 0 Å². The first-order valence-corrected chi connectivity index (χ1v) is 6.29. The van der Waals surface area contributed by atoms with Crippen molar-refractivity contribution in [3.05, 3.63) is 35.4 Å². The van der Waals surface area contributed by atoms with Crippen LogP contribution in [0.15, 0.2) is 24.3 Å². The van der Waals surface area contributed by atoms with Crippen molar-refractivity contribution in [2.24, 2.45) is 0 Å². The molecule has 1 rings (SSSR count). The van der Waals surface area contributed by atoms with Crippen molar-refractivity contribution in [3.63, 3.8) is 0 Å². The van der Waals surface area contributed by atoms with Gasteiger partial charge in [0.05, 0.1) is 12.0 Å². The predicted molar refractivity (Wildman–Crippen MR) is 66.6 cm³/mol. The highest BCUT2D eigenvalue weighted by molar-refractivity contribution is 5.95. The number of carbonyl (C=O) groups excluding carboxylic acids is 1. The van der Waals surface area contributed by atoms with Crippen LogP contribution in [-0.2, 0) is 5.60 Å². The summed E-state index contributed by atoms with van der Waals surface area (Å²) in [5.41, 5.74) is -3.48. The van der Waals surface area contributed by atoms with E-state index in [1.54, 1.807) is 0 Å². The molecule has 1 aromatic carbocycles. The maximum atomic E-state index is 13.5. The second-order valence-electron chi connectivity index (χ2n) is 5.33. The third kappa shape index (κ3) is 3.65. The number of rotatable bonds is 5. The molecule has 1 aromatic rings. The van der Waals surface area contributed by atoms with E-state index in [1.807, 2.05) is 0 Å². The van der Waals surface area contributed by atoms with E-state index in [0.29, 0.717) is 6.92 Å². The van der Waals surface area contributed by atoms with Gasteiger partial charge in [0.15, 0.2) is 5.78 Å². The van der Waals surface area contributed by atoms with Gasteiger partial charge < -0.3 is 5.11 Å². The number of carbonyl (C=O) groups is 1. The predicted octanol–water partition coefficient (Wildman–Crippen LogP) is 4.32. The smallest absolute Gasteiger partial charge is 0.385 e. The highest BCUT2D eigenvalue weighted by atomic mass is 19.4. The van der Waals surface area contributed by atoms with Crippen molar-refractivity contribution in [3.8, 4) is 0 Å². The third-order valence-electron chi connectivity index (χ3n) is 3.27. The maximum Gasteiger partial charge on any atom is 0.459 e. The fourth-order valence-electron chi connectivity index (χ4n) is 2.11. The molecule has 0 bridgehead atoms. The summed E-state index contributed by atoms with van der Waals surface area (Å²) in [5, 5.41) is 10.0. The summed E-state index contributed by atoms with van der Waals surface area (Å²) in [6.07, 6.45) is -8.69. The Bertz CT molecular complexity index is 591. The molecule has 0 heterocycles. The average molecular weight is 346 g/mol. The Labute approximate surface area is 126 Å². The molecular formula is C14H13F7O2. The van der Waals surface area contributed by atoms with Crippen LogP contribution in [0.5, 0.6) is 0 Å². The topological polar surface area (TPSA) is 37.3 Å². The second kappa shape index (κ2) is 5.77. The Morgan fingerprint density at radius 3 is 1.96 bits per heavy atom. The minimum atomic E-state index is -6.48. The Balaban J connectivity index is 3.29. The quantitative estimate of drug-likeness (QED) is 0.637. The first-order valence-electron chi connectivity index (χ1n) is 6.29. The first kappa shape index (κ1) is 19.4. The van der Waals surface area contributed by atoms with Gasteiger partial charge in [-0.25, -0.2) is 0 Å². The normalized spacial score (nSPS) is 16.1. The van der Waals surface area contributed by atoms with E-state index in [0.717, 1.165) is 19.1 Å². The number of benzene rings is 1. The summed E-state index contributed by atoms with van der Waals surface area (Å²) in [4.78, 5) is 11.4. The van der Waals surface area contributed by atoms with E-state index < -0.39 is 41.4 Å². The molecule has 0 aromatic heterocycles. The fourth-order valence-corrected chi connectivity index (χ4v) is 2.11. The molecule has 1 unspecified atom stereocenters. The highest BCUT2D eigenvalue weighted by Gasteiger charge is 2.73. The zero-order chi connectivity index (χ0) is 18.3. The van der Waals surface area contributed by atoms with Gasteiger partial charge in [-0.05, 0) is 19.4 Å². The zero-order valence-electron chi connectivity index (χ0n) is 12.0. The molecule has 0 radical (unpaired) electrons. The van der Waals surface area contributed by atoms with Gasteiger partial charge >= 0.3 is 18.0 Å². The fraction of sp³-hybridized carbons (Fsp3) is 0.500. The molecule has 0 aliphatic rings. The van der Waals surface area contributed by atoms with Crippen LogP contribution in [0.25, 0.3) is 0 Å². The Hall–Kier alpha value is -1.64. The summed E-state index contributed by atoms with van der Waals surface area (Å²) in [6, 6.07) is 4.72. The first-order chi connectivity index (χ1) is 10.1. The van der Waals surface area contributed by atoms with E-state index in [2.05, 4.69) is 0 Å². The number of hydrogen-bond acceptors (Lipinski definition) is 2. The molecule has 23 heavy (non-hydrogen) atoms. The van der Waals surface area contributed by atoms with E-state index >= 15 is 0 Å². The Kier molecular flexibility index (Phi) is 4.87. The highest BCUT2D eigenvalue weighted by Crippen LogP contribution is 2.51. The summed E-state index contributed by atoms with van der Waals surface area (Å²) in [7, 11) is 0. The van der Waals surface area contributed by atoms with Crippen LogP contribution in [0.4, 0.5) is 30.7 Å². The Morgan fingerprint density at radius 1 is 1.04 bits per heavy atom. The zero-order valence-corrected chi connectivity index (χ0v) is 12.0. The van der Waals surface area contributed by atoms with Gasteiger partial charge in [-0.1, -0.05) is 24.3 Å². The van der Waals surface area contributed by atoms with E-state index in [-0.39, 0.29) is 5.56 Å². The van der Waals surface area contributed by atoms with Crippen LogP contribution in [0.2, 0.25) is 0 Å². The molecule has 130 valence electrons. The number of ketones is 1. The van der Waals surface area contributed by atoms with Crippen LogP contribution in [0.3, 0.4) is 0 Å². The van der Waals surface area contributed by atoms with Gasteiger partial charge in [-0.3, -0.25) is 4.79 Å². The molecule has 0 spiro atoms. The molecule has 0 fully saturated rings. The van der Waals surface area contributed by atoms with Crippen LogP contribution in [0, 0.1) is 0 Å². The second-order valence-corrected chi connectivity index (χ2v) is 5.33. The molecule has 0 aliphatic heterocycles. The number of halogens is 7. The number of hydrogen-bond donors (Lipinski definition) is 1. The number of aliphatic hydroxyl groups is 1. The summed E-state index contributed by atoms with van der Waals surface area (Å²) in [5.74, 6) is -12.6. The SMILES string of the molecule is CC(=O)c1ccccc1C(C)(O)CC(F)(F)C(F)(F)C(F)(F)F. The van der Waals surface area contributed by atoms with Gasteiger partial charge in [0, 0.05) is 5.56 Å². The van der Waals surface area contributed by atoms with Gasteiger partial charge in [0.1, 0.15) is 0 Å². The van der Waals surface area contributed by atoms with Crippen molar-refractivity contribution in [1.29, 1.82) is 0 Å². The minimum absolute atomic E-state index is 0.247. The lowest BCUT2D eigenvalue weighted by molar-refractivity contribution is -0.361. The monoisotopic (exact) mass is 346 g/mol. The lowest BCUT2D eigenvalue weighted by Crippen LogP contribution is -2.54. The van der Waals surface area contributed by atoms with Crippen LogP contribution in [-0.4, -0.2) is 28.9 Å². The summed E-state index contributed by atoms with van der Waals surface area (Å²) < 4.78 is 89.4. The van der Waals surface area contributed by atoms with E-state index in [4.69, 9.17) is 0 Å². The molecule has 2 nitrogen and oxygen atoms in total. The molecule has 0 saturated heterocycles. The molecule has 0 aliphatic carbocycles. The largest absolute Gasteiger partial charge is 0.459 e. The lowest BCUT2D eigenvalue weighted by atomic mass is 9.84. The molecule has 0 amide bonds. The van der Waals surface area contributed by atoms with Gasteiger partial charge in [0.2, 0.25) is 0 Å². The van der Waals surface area contributed by atoms with Gasteiger partial charge in [-0.2, -0.15) is 30.7 Å². The lowest BCUT2D eigenvalue weighted by Gasteiger charge is -2.34. The maximum absolute atomic E-state index is 13.5. The number of Topliss-reactive ketones (excluding diaryl/α,β-unsaturated/α-hetero) is 1. The average Bonchev–Trinajstić information content (AvgIpc) is 2.35. The molecular weight excluding hydrogens is 333 g/mol. The Morgan fingerprint density at radius 2 is 1.52 bits per heavy atom. The molecule has 0 saturated carbocycles. The van der Waals surface area contributed by atoms with Crippen molar-refractivity contribution >= 4 is 5.78 Å². The summed E-state index contributed by atoms with van der Waals surface area (Å²) in [6.45, 7) is 1.69. The van der Waals surface area contributed by atoms with Crippen molar-refractivity contribution in [2.75, 3.05) is 0 Å². The van der Waals surface area contributed by atoms with Crippen molar-refractivity contribution in [2.45, 2.75) is 43.9 Å². The van der Waals surface area contributed by atoms with Crippen LogP contribution < -0.4 is 0 Å². The van der Waals surface area contributed by atoms with E-state index in [1.165, 1.54) is 12.1 Å². The molecule has 9 heteroatoms. The number of alkyl halides is 7. The molecule has 1 atom stereocenters. The minimum Gasteiger partial charge on any atom is -0.385 e. The van der Waals surface area contributed by atoms with Crippen LogP contribution in [0.1, 0.15) is 36.2 Å². The van der Waals surface area contributed by atoms with Crippen LogP contribution >= 0.6 is 0 Å². The standard InChI is InChI=1S/C14H13F7O2/c1-8(22)9-5-3-4-6-10(9)11(2,23)7-12(15,16)13(17,18)14(19,20)21/h3-6,23H,7H2,1-2H3.